The van der Waals surface area contributed by atoms with Crippen LogP contribution in [-0.4, -0.2) is 48.4 Å². The topological polar surface area (TPSA) is 131 Å². The predicted molar refractivity (Wildman–Crippen MR) is 121 cm³/mol. The van der Waals surface area contributed by atoms with Gasteiger partial charge in [0, 0.05) is 42.8 Å². The Kier molecular flexibility index (Phi) is 5.59. The van der Waals surface area contributed by atoms with Crippen LogP contribution in [0.15, 0.2) is 35.1 Å². The fourth-order valence-corrected chi connectivity index (χ4v) is 3.96. The monoisotopic (exact) mass is 447 g/mol. The lowest BCUT2D eigenvalue weighted by molar-refractivity contribution is 0.325. The molecule has 4 aromatic rings. The lowest BCUT2D eigenvalue weighted by atomic mass is 10.1. The SMILES string of the molecule is CCOc1cc(Nc2cc(C)[nH]n2)nc(N2CCCC2c2cc(-c3nccnc3C)no2)n1. The van der Waals surface area contributed by atoms with Gasteiger partial charge in [0.05, 0.1) is 18.3 Å². The van der Waals surface area contributed by atoms with Crippen molar-refractivity contribution in [3.8, 4) is 17.3 Å². The van der Waals surface area contributed by atoms with Crippen molar-refractivity contribution in [2.24, 2.45) is 0 Å². The quantitative estimate of drug-likeness (QED) is 0.432. The van der Waals surface area contributed by atoms with Gasteiger partial charge in [0.25, 0.3) is 0 Å². The molecule has 1 fully saturated rings. The van der Waals surface area contributed by atoms with Crippen LogP contribution >= 0.6 is 0 Å². The van der Waals surface area contributed by atoms with E-state index in [0.717, 1.165) is 36.5 Å². The Balaban J connectivity index is 1.45. The molecule has 0 spiro atoms. The molecule has 0 amide bonds. The summed E-state index contributed by atoms with van der Waals surface area (Å²) >= 11 is 0. The van der Waals surface area contributed by atoms with E-state index < -0.39 is 0 Å². The fraction of sp³-hybridized carbons (Fsp3) is 0.364. The number of nitrogens with one attached hydrogen (secondary N) is 2. The maximum atomic E-state index is 5.74. The molecule has 1 aliphatic heterocycles. The molecule has 1 unspecified atom stereocenters. The molecular weight excluding hydrogens is 422 g/mol. The average Bonchev–Trinajstić information content (AvgIpc) is 3.55. The molecule has 2 N–H and O–H groups in total. The predicted octanol–water partition coefficient (Wildman–Crippen LogP) is 3.75. The summed E-state index contributed by atoms with van der Waals surface area (Å²) in [7, 11) is 0. The van der Waals surface area contributed by atoms with E-state index in [9.17, 15) is 0 Å². The Morgan fingerprint density at radius 1 is 1.15 bits per heavy atom. The highest BCUT2D eigenvalue weighted by Gasteiger charge is 2.32. The van der Waals surface area contributed by atoms with E-state index in [-0.39, 0.29) is 6.04 Å². The van der Waals surface area contributed by atoms with Crippen LogP contribution in [0.4, 0.5) is 17.6 Å². The zero-order valence-corrected chi connectivity index (χ0v) is 18.7. The molecule has 0 aromatic carbocycles. The third-order valence-electron chi connectivity index (χ3n) is 5.44. The second-order valence-electron chi connectivity index (χ2n) is 7.84. The third-order valence-corrected chi connectivity index (χ3v) is 5.44. The Morgan fingerprint density at radius 2 is 2.03 bits per heavy atom. The molecule has 11 nitrogen and oxygen atoms in total. The second kappa shape index (κ2) is 8.85. The van der Waals surface area contributed by atoms with Crippen molar-refractivity contribution in [1.29, 1.82) is 0 Å². The molecule has 5 rings (SSSR count). The summed E-state index contributed by atoms with van der Waals surface area (Å²) in [5.74, 6) is 3.09. The van der Waals surface area contributed by atoms with Crippen molar-refractivity contribution in [2.45, 2.75) is 39.7 Å². The van der Waals surface area contributed by atoms with E-state index in [4.69, 9.17) is 14.2 Å². The Morgan fingerprint density at radius 3 is 2.82 bits per heavy atom. The van der Waals surface area contributed by atoms with Gasteiger partial charge in [0.1, 0.15) is 17.2 Å². The fourth-order valence-electron chi connectivity index (χ4n) is 3.96. The molecule has 5 heterocycles. The minimum Gasteiger partial charge on any atom is -0.478 e. The number of aromatic amines is 1. The van der Waals surface area contributed by atoms with E-state index in [2.05, 4.69) is 40.5 Å². The molecule has 0 radical (unpaired) electrons. The first-order valence-corrected chi connectivity index (χ1v) is 10.9. The summed E-state index contributed by atoms with van der Waals surface area (Å²) in [5.41, 5.74) is 3.14. The van der Waals surface area contributed by atoms with Crippen molar-refractivity contribution >= 4 is 17.6 Å². The number of hydrogen-bond donors (Lipinski definition) is 2. The first-order chi connectivity index (χ1) is 16.1. The summed E-state index contributed by atoms with van der Waals surface area (Å²) < 4.78 is 11.4. The number of aryl methyl sites for hydroxylation is 2. The highest BCUT2D eigenvalue weighted by molar-refractivity contribution is 5.58. The van der Waals surface area contributed by atoms with Gasteiger partial charge >= 0.3 is 0 Å². The standard InChI is InChI=1S/C22H25N9O2/c1-4-32-20-12-18(25-19-10-13(2)28-29-19)26-22(27-20)31-9-5-6-16(31)17-11-15(30-33-17)21-14(3)23-7-8-24-21/h7-8,10-12,16H,4-6,9H2,1-3H3,(H2,25,26,27,28,29). The summed E-state index contributed by atoms with van der Waals surface area (Å²) in [4.78, 5) is 20.2. The lowest BCUT2D eigenvalue weighted by Crippen LogP contribution is -2.25. The normalized spacial score (nSPS) is 15.7. The Bertz CT molecular complexity index is 1250. The molecule has 11 heteroatoms. The van der Waals surface area contributed by atoms with E-state index in [0.29, 0.717) is 41.5 Å². The molecular formula is C22H25N9O2. The summed E-state index contributed by atoms with van der Waals surface area (Å²) in [5, 5.41) is 14.6. The van der Waals surface area contributed by atoms with Crippen LogP contribution in [0.2, 0.25) is 0 Å². The van der Waals surface area contributed by atoms with Gasteiger partial charge in [-0.25, -0.2) is 0 Å². The van der Waals surface area contributed by atoms with Crippen molar-refractivity contribution in [3.05, 3.63) is 47.7 Å². The molecule has 1 saturated heterocycles. The number of H-pyrrole nitrogens is 1. The molecule has 4 aromatic heterocycles. The van der Waals surface area contributed by atoms with Crippen molar-refractivity contribution in [1.82, 2.24) is 35.3 Å². The number of anilines is 3. The van der Waals surface area contributed by atoms with Crippen LogP contribution in [0.25, 0.3) is 11.4 Å². The largest absolute Gasteiger partial charge is 0.478 e. The van der Waals surface area contributed by atoms with Crippen LogP contribution in [0.5, 0.6) is 5.88 Å². The zero-order valence-electron chi connectivity index (χ0n) is 18.7. The van der Waals surface area contributed by atoms with Gasteiger partial charge in [0.15, 0.2) is 11.6 Å². The summed E-state index contributed by atoms with van der Waals surface area (Å²) in [6.07, 6.45) is 5.20. The van der Waals surface area contributed by atoms with Gasteiger partial charge in [-0.1, -0.05) is 5.16 Å². The maximum Gasteiger partial charge on any atom is 0.231 e. The van der Waals surface area contributed by atoms with Crippen LogP contribution in [0.3, 0.4) is 0 Å². The average molecular weight is 448 g/mol. The minimum atomic E-state index is -0.0411. The molecule has 1 aliphatic rings. The van der Waals surface area contributed by atoms with E-state index >= 15 is 0 Å². The third kappa shape index (κ3) is 4.34. The first kappa shape index (κ1) is 20.9. The molecule has 33 heavy (non-hydrogen) atoms. The summed E-state index contributed by atoms with van der Waals surface area (Å²) in [6, 6.07) is 5.56. The van der Waals surface area contributed by atoms with Gasteiger partial charge < -0.3 is 19.5 Å². The van der Waals surface area contributed by atoms with Gasteiger partial charge in [-0.05, 0) is 33.6 Å². The van der Waals surface area contributed by atoms with E-state index in [1.165, 1.54) is 0 Å². The number of nitrogens with zero attached hydrogens (tertiary/aromatic N) is 7. The lowest BCUT2D eigenvalue weighted by Gasteiger charge is -2.23. The van der Waals surface area contributed by atoms with Crippen LogP contribution in [0.1, 0.15) is 43.0 Å². The maximum absolute atomic E-state index is 5.74. The number of aromatic nitrogens is 7. The first-order valence-electron chi connectivity index (χ1n) is 10.9. The molecule has 0 aliphatic carbocycles. The zero-order chi connectivity index (χ0) is 22.8. The van der Waals surface area contributed by atoms with Gasteiger partial charge in [-0.15, -0.1) is 0 Å². The van der Waals surface area contributed by atoms with Crippen molar-refractivity contribution < 1.29 is 9.26 Å². The van der Waals surface area contributed by atoms with Gasteiger partial charge in [-0.2, -0.15) is 15.1 Å². The number of hydrogen-bond acceptors (Lipinski definition) is 10. The second-order valence-corrected chi connectivity index (χ2v) is 7.84. The molecule has 170 valence electrons. The Hall–Kier alpha value is -4.02. The van der Waals surface area contributed by atoms with Gasteiger partial charge in [0.2, 0.25) is 11.8 Å². The smallest absolute Gasteiger partial charge is 0.231 e. The minimum absolute atomic E-state index is 0.0411. The molecule has 1 atom stereocenters. The number of rotatable bonds is 7. The van der Waals surface area contributed by atoms with Crippen LogP contribution < -0.4 is 15.0 Å². The highest BCUT2D eigenvalue weighted by Crippen LogP contribution is 2.37. The molecule has 0 saturated carbocycles. The van der Waals surface area contributed by atoms with Gasteiger partial charge in [-0.3, -0.25) is 15.1 Å². The van der Waals surface area contributed by atoms with Crippen LogP contribution in [-0.2, 0) is 0 Å². The summed E-state index contributed by atoms with van der Waals surface area (Å²) in [6.45, 7) is 7.07. The van der Waals surface area contributed by atoms with Crippen molar-refractivity contribution in [2.75, 3.05) is 23.4 Å². The van der Waals surface area contributed by atoms with Crippen molar-refractivity contribution in [3.63, 3.8) is 0 Å². The van der Waals surface area contributed by atoms with E-state index in [1.54, 1.807) is 18.5 Å². The van der Waals surface area contributed by atoms with Crippen LogP contribution in [0, 0.1) is 13.8 Å². The van der Waals surface area contributed by atoms with E-state index in [1.807, 2.05) is 32.9 Å². The number of ether oxygens (including phenoxy) is 1. The Labute approximate surface area is 190 Å². The molecule has 0 bridgehead atoms. The highest BCUT2D eigenvalue weighted by atomic mass is 16.5.